The molecule has 1 atom stereocenters. The van der Waals surface area contributed by atoms with E-state index in [1.54, 1.807) is 69.3 Å². The summed E-state index contributed by atoms with van der Waals surface area (Å²) in [6, 6.07) is 17.0. The van der Waals surface area contributed by atoms with Gasteiger partial charge in [-0.15, -0.1) is 0 Å². The number of carbonyl (C=O) groups excluding carboxylic acids is 2. The Bertz CT molecular complexity index is 1790. The fraction of sp³-hybridized carbons (Fsp3) is 0.200. The fourth-order valence-electron chi connectivity index (χ4n) is 4.40. The molecule has 0 radical (unpaired) electrons. The molecule has 39 heavy (non-hydrogen) atoms. The number of hydrogen-bond donors (Lipinski definition) is 0. The number of ketones is 1. The Kier molecular flexibility index (Phi) is 7.25. The first-order valence-electron chi connectivity index (χ1n) is 12.3. The average Bonchev–Trinajstić information content (AvgIpc) is 3.48. The van der Waals surface area contributed by atoms with E-state index < -0.39 is 12.0 Å². The minimum atomic E-state index is -0.723. The molecule has 0 saturated carbocycles. The Morgan fingerprint density at radius 1 is 1.08 bits per heavy atom. The molecule has 0 aliphatic carbocycles. The molecule has 0 amide bonds. The number of allylic oxidation sites excluding steroid dienone is 1. The highest BCUT2D eigenvalue weighted by atomic mass is 35.5. The Labute approximate surface area is 233 Å². The van der Waals surface area contributed by atoms with Crippen LogP contribution >= 0.6 is 22.9 Å². The second kappa shape index (κ2) is 10.6. The molecule has 1 aliphatic rings. The summed E-state index contributed by atoms with van der Waals surface area (Å²) < 4.78 is 13.5. The largest absolute Gasteiger partial charge is 0.459 e. The van der Waals surface area contributed by atoms with Crippen LogP contribution in [0, 0.1) is 0 Å². The third kappa shape index (κ3) is 5.30. The second-order valence-corrected chi connectivity index (χ2v) is 10.9. The van der Waals surface area contributed by atoms with E-state index in [1.807, 2.05) is 18.2 Å². The minimum Gasteiger partial charge on any atom is -0.459 e. The van der Waals surface area contributed by atoms with Crippen LogP contribution in [-0.4, -0.2) is 22.4 Å². The topological polar surface area (TPSA) is 90.9 Å². The van der Waals surface area contributed by atoms with Gasteiger partial charge < -0.3 is 9.15 Å². The van der Waals surface area contributed by atoms with Crippen molar-refractivity contribution >= 4 is 40.8 Å². The SMILES string of the molecule is CC(=O)c1ccc(-c2ccc(/C=c3\sc4n(c3=O)[C@H](c3ccc(Cl)cc3)C(C(=O)OC(C)C)=C(C)N=4)o2)cc1. The number of ether oxygens (including phenoxy) is 1. The summed E-state index contributed by atoms with van der Waals surface area (Å²) in [5.41, 5.74) is 2.64. The number of benzene rings is 2. The summed E-state index contributed by atoms with van der Waals surface area (Å²) in [6.07, 6.45) is 1.33. The molecular weight excluding hydrogens is 536 g/mol. The number of hydrogen-bond acceptors (Lipinski definition) is 7. The van der Waals surface area contributed by atoms with Crippen molar-refractivity contribution in [2.75, 3.05) is 0 Å². The van der Waals surface area contributed by atoms with Crippen molar-refractivity contribution in [2.24, 2.45) is 4.99 Å². The van der Waals surface area contributed by atoms with E-state index in [-0.39, 0.29) is 17.4 Å². The van der Waals surface area contributed by atoms with Gasteiger partial charge in [0, 0.05) is 22.2 Å². The second-order valence-electron chi connectivity index (χ2n) is 9.42. The maximum Gasteiger partial charge on any atom is 0.338 e. The van der Waals surface area contributed by atoms with Crippen molar-refractivity contribution in [3.63, 3.8) is 0 Å². The molecule has 198 valence electrons. The first-order valence-corrected chi connectivity index (χ1v) is 13.5. The first kappa shape index (κ1) is 26.6. The van der Waals surface area contributed by atoms with Crippen molar-refractivity contribution in [2.45, 2.75) is 39.8 Å². The number of Topliss-reactive ketones (excluding diaryl/α,β-unsaturated/α-hetero) is 1. The molecule has 0 fully saturated rings. The number of nitrogens with zero attached hydrogens (tertiary/aromatic N) is 2. The van der Waals surface area contributed by atoms with Gasteiger partial charge in [-0.05, 0) is 57.5 Å². The van der Waals surface area contributed by atoms with Crippen LogP contribution in [0.5, 0.6) is 0 Å². The van der Waals surface area contributed by atoms with Crippen LogP contribution in [0.4, 0.5) is 0 Å². The first-order chi connectivity index (χ1) is 18.6. The molecule has 0 saturated heterocycles. The summed E-state index contributed by atoms with van der Waals surface area (Å²) >= 11 is 7.34. The molecule has 3 heterocycles. The van der Waals surface area contributed by atoms with E-state index in [1.165, 1.54) is 22.8 Å². The van der Waals surface area contributed by atoms with E-state index >= 15 is 0 Å². The van der Waals surface area contributed by atoms with Crippen molar-refractivity contribution in [3.8, 4) is 11.3 Å². The molecular formula is C30H25ClN2O5S. The Morgan fingerprint density at radius 3 is 2.41 bits per heavy atom. The van der Waals surface area contributed by atoms with Gasteiger partial charge in [0.25, 0.3) is 5.56 Å². The molecule has 9 heteroatoms. The van der Waals surface area contributed by atoms with Crippen molar-refractivity contribution in [1.82, 2.24) is 4.57 Å². The molecule has 0 spiro atoms. The summed E-state index contributed by atoms with van der Waals surface area (Å²) in [4.78, 5) is 43.6. The van der Waals surface area contributed by atoms with Gasteiger partial charge in [0.2, 0.25) is 0 Å². The highest BCUT2D eigenvalue weighted by Crippen LogP contribution is 2.31. The molecule has 1 aliphatic heterocycles. The quantitative estimate of drug-likeness (QED) is 0.236. The maximum absolute atomic E-state index is 13.8. The van der Waals surface area contributed by atoms with Gasteiger partial charge in [0.1, 0.15) is 11.5 Å². The molecule has 0 bridgehead atoms. The van der Waals surface area contributed by atoms with Crippen LogP contribution in [0.3, 0.4) is 0 Å². The van der Waals surface area contributed by atoms with Crippen LogP contribution in [0.2, 0.25) is 5.02 Å². The fourth-order valence-corrected chi connectivity index (χ4v) is 5.56. The lowest BCUT2D eigenvalue weighted by Crippen LogP contribution is -2.40. The van der Waals surface area contributed by atoms with Gasteiger partial charge in [-0.25, -0.2) is 9.79 Å². The lowest BCUT2D eigenvalue weighted by molar-refractivity contribution is -0.143. The zero-order chi connectivity index (χ0) is 27.8. The van der Waals surface area contributed by atoms with E-state index in [2.05, 4.69) is 4.99 Å². The van der Waals surface area contributed by atoms with Crippen LogP contribution < -0.4 is 14.9 Å². The maximum atomic E-state index is 13.8. The Hall–Kier alpha value is -4.01. The number of carbonyl (C=O) groups is 2. The number of furan rings is 1. The highest BCUT2D eigenvalue weighted by molar-refractivity contribution is 7.07. The summed E-state index contributed by atoms with van der Waals surface area (Å²) in [5.74, 6) is 0.568. The smallest absolute Gasteiger partial charge is 0.338 e. The Morgan fingerprint density at radius 2 is 1.77 bits per heavy atom. The predicted molar refractivity (Wildman–Crippen MR) is 151 cm³/mol. The lowest BCUT2D eigenvalue weighted by atomic mass is 9.96. The standard InChI is InChI=1S/C30H25ClN2O5S/c1-16(2)37-29(36)26-17(3)32-30-33(27(26)21-9-11-22(31)12-10-21)28(35)25(39-30)15-23-13-14-24(38-23)20-7-5-19(6-8-20)18(4)34/h5-16,27H,1-4H3/b25-15-/t27-/m1/s1. The number of halogens is 1. The Balaban J connectivity index is 1.59. The summed E-state index contributed by atoms with van der Waals surface area (Å²) in [6.45, 7) is 6.81. The number of aromatic nitrogens is 1. The summed E-state index contributed by atoms with van der Waals surface area (Å²) in [5, 5.41) is 0.544. The van der Waals surface area contributed by atoms with E-state index in [0.717, 1.165) is 5.56 Å². The van der Waals surface area contributed by atoms with Crippen molar-refractivity contribution in [1.29, 1.82) is 0 Å². The molecule has 7 nitrogen and oxygen atoms in total. The van der Waals surface area contributed by atoms with Crippen LogP contribution in [-0.2, 0) is 9.53 Å². The van der Waals surface area contributed by atoms with Gasteiger partial charge in [-0.3, -0.25) is 14.2 Å². The normalized spacial score (nSPS) is 15.3. The summed E-state index contributed by atoms with van der Waals surface area (Å²) in [7, 11) is 0. The predicted octanol–water partition coefficient (Wildman–Crippen LogP) is 5.30. The van der Waals surface area contributed by atoms with E-state index in [4.69, 9.17) is 20.8 Å². The van der Waals surface area contributed by atoms with Crippen molar-refractivity contribution < 1.29 is 18.7 Å². The van der Waals surface area contributed by atoms with Gasteiger partial charge in [-0.1, -0.05) is 59.3 Å². The zero-order valence-corrected chi connectivity index (χ0v) is 23.3. The van der Waals surface area contributed by atoms with Crippen LogP contribution in [0.1, 0.15) is 55.4 Å². The number of fused-ring (bicyclic) bond motifs is 1. The molecule has 2 aromatic carbocycles. The number of thiazole rings is 1. The molecule has 2 aromatic heterocycles. The number of esters is 1. The van der Waals surface area contributed by atoms with E-state index in [9.17, 15) is 14.4 Å². The zero-order valence-electron chi connectivity index (χ0n) is 21.7. The van der Waals surface area contributed by atoms with Crippen molar-refractivity contribution in [3.05, 3.63) is 114 Å². The van der Waals surface area contributed by atoms with Gasteiger partial charge in [-0.2, -0.15) is 0 Å². The van der Waals surface area contributed by atoms with Gasteiger partial charge >= 0.3 is 5.97 Å². The number of rotatable bonds is 6. The monoisotopic (exact) mass is 560 g/mol. The molecule has 4 aromatic rings. The van der Waals surface area contributed by atoms with Gasteiger partial charge in [0.15, 0.2) is 10.6 Å². The highest BCUT2D eigenvalue weighted by Gasteiger charge is 2.33. The van der Waals surface area contributed by atoms with Crippen LogP contribution in [0.25, 0.3) is 17.4 Å². The van der Waals surface area contributed by atoms with Crippen LogP contribution in [0.15, 0.2) is 86.1 Å². The minimum absolute atomic E-state index is 0.00942. The average molecular weight is 561 g/mol. The van der Waals surface area contributed by atoms with Gasteiger partial charge in [0.05, 0.1) is 27.9 Å². The lowest BCUT2D eigenvalue weighted by Gasteiger charge is -2.25. The van der Waals surface area contributed by atoms with E-state index in [0.29, 0.717) is 48.3 Å². The molecule has 0 unspecified atom stereocenters. The third-order valence-corrected chi connectivity index (χ3v) is 7.48. The third-order valence-electron chi connectivity index (χ3n) is 6.25. The molecule has 0 N–H and O–H groups in total. The molecule has 5 rings (SSSR count).